The van der Waals surface area contributed by atoms with Crippen molar-refractivity contribution in [3.8, 4) is 0 Å². The SMILES string of the molecule is CCc1cnc(CCNC(=O)/C=C/c2ccc(NC(C)=O)cc2)s1. The molecule has 2 rings (SSSR count). The number of carbonyl (C=O) groups is 2. The molecule has 0 spiro atoms. The number of aryl methyl sites for hydroxylation is 1. The zero-order chi connectivity index (χ0) is 17.4. The van der Waals surface area contributed by atoms with Gasteiger partial charge in [0.1, 0.15) is 0 Å². The quantitative estimate of drug-likeness (QED) is 0.759. The van der Waals surface area contributed by atoms with E-state index in [2.05, 4.69) is 22.5 Å². The first kappa shape index (κ1) is 17.9. The highest BCUT2D eigenvalue weighted by Crippen LogP contribution is 2.13. The lowest BCUT2D eigenvalue weighted by atomic mass is 10.2. The van der Waals surface area contributed by atoms with Gasteiger partial charge in [-0.25, -0.2) is 4.98 Å². The first-order valence-corrected chi connectivity index (χ1v) is 8.65. The molecule has 0 radical (unpaired) electrons. The summed E-state index contributed by atoms with van der Waals surface area (Å²) in [5, 5.41) is 6.60. The number of benzene rings is 1. The summed E-state index contributed by atoms with van der Waals surface area (Å²) >= 11 is 1.69. The maximum atomic E-state index is 11.8. The van der Waals surface area contributed by atoms with E-state index in [0.717, 1.165) is 29.1 Å². The fraction of sp³-hybridized carbons (Fsp3) is 0.278. The second-order valence-electron chi connectivity index (χ2n) is 5.25. The summed E-state index contributed by atoms with van der Waals surface area (Å²) in [6.45, 7) is 4.14. The van der Waals surface area contributed by atoms with Crippen LogP contribution in [0.1, 0.15) is 29.3 Å². The number of hydrogen-bond acceptors (Lipinski definition) is 4. The van der Waals surface area contributed by atoms with E-state index in [1.807, 2.05) is 18.3 Å². The minimum atomic E-state index is -0.131. The van der Waals surface area contributed by atoms with Crippen molar-refractivity contribution in [2.24, 2.45) is 0 Å². The number of amides is 2. The van der Waals surface area contributed by atoms with Crippen LogP contribution in [0.2, 0.25) is 0 Å². The second kappa shape index (κ2) is 8.98. The lowest BCUT2D eigenvalue weighted by Gasteiger charge is -2.02. The number of rotatable bonds is 7. The Balaban J connectivity index is 1.76. The third kappa shape index (κ3) is 5.96. The third-order valence-electron chi connectivity index (χ3n) is 3.25. The summed E-state index contributed by atoms with van der Waals surface area (Å²) < 4.78 is 0. The Labute approximate surface area is 145 Å². The standard InChI is InChI=1S/C18H21N3O2S/c1-3-16-12-20-18(24-16)10-11-19-17(23)9-6-14-4-7-15(8-5-14)21-13(2)22/h4-9,12H,3,10-11H2,1-2H3,(H,19,23)(H,21,22)/b9-6+. The topological polar surface area (TPSA) is 71.1 Å². The van der Waals surface area contributed by atoms with Crippen LogP contribution >= 0.6 is 11.3 Å². The van der Waals surface area contributed by atoms with Gasteiger partial charge >= 0.3 is 0 Å². The van der Waals surface area contributed by atoms with Crippen LogP contribution in [-0.2, 0) is 22.4 Å². The number of thiazole rings is 1. The van der Waals surface area contributed by atoms with E-state index < -0.39 is 0 Å². The predicted molar refractivity (Wildman–Crippen MR) is 98.0 cm³/mol. The van der Waals surface area contributed by atoms with E-state index in [1.165, 1.54) is 17.9 Å². The Morgan fingerprint density at radius 1 is 1.25 bits per heavy atom. The molecule has 2 N–H and O–H groups in total. The largest absolute Gasteiger partial charge is 0.352 e. The third-order valence-corrected chi connectivity index (χ3v) is 4.45. The molecular formula is C18H21N3O2S. The van der Waals surface area contributed by atoms with Crippen molar-refractivity contribution in [2.45, 2.75) is 26.7 Å². The average molecular weight is 343 g/mol. The van der Waals surface area contributed by atoms with Gasteiger partial charge in [-0.1, -0.05) is 19.1 Å². The first-order valence-electron chi connectivity index (χ1n) is 7.84. The lowest BCUT2D eigenvalue weighted by molar-refractivity contribution is -0.116. The molecule has 0 aliphatic heterocycles. The molecule has 1 aromatic heterocycles. The molecule has 0 saturated carbocycles. The first-order chi connectivity index (χ1) is 11.6. The van der Waals surface area contributed by atoms with Crippen LogP contribution in [-0.4, -0.2) is 23.3 Å². The Hall–Kier alpha value is -2.47. The molecule has 1 heterocycles. The van der Waals surface area contributed by atoms with Crippen LogP contribution in [0.5, 0.6) is 0 Å². The predicted octanol–water partition coefficient (Wildman–Crippen LogP) is 3.04. The lowest BCUT2D eigenvalue weighted by Crippen LogP contribution is -2.23. The number of nitrogens with one attached hydrogen (secondary N) is 2. The highest BCUT2D eigenvalue weighted by atomic mass is 32.1. The van der Waals surface area contributed by atoms with Crippen LogP contribution in [0.3, 0.4) is 0 Å². The van der Waals surface area contributed by atoms with Gasteiger partial charge in [0.25, 0.3) is 0 Å². The van der Waals surface area contributed by atoms with Gasteiger partial charge in [-0.3, -0.25) is 9.59 Å². The molecule has 0 fully saturated rings. The van der Waals surface area contributed by atoms with E-state index in [-0.39, 0.29) is 11.8 Å². The van der Waals surface area contributed by atoms with Crippen molar-refractivity contribution in [1.29, 1.82) is 0 Å². The van der Waals surface area contributed by atoms with Gasteiger partial charge in [0, 0.05) is 42.7 Å². The molecule has 5 nitrogen and oxygen atoms in total. The monoisotopic (exact) mass is 343 g/mol. The molecule has 2 aromatic rings. The molecule has 0 aliphatic rings. The van der Waals surface area contributed by atoms with E-state index in [0.29, 0.717) is 6.54 Å². The van der Waals surface area contributed by atoms with Crippen LogP contribution in [0.4, 0.5) is 5.69 Å². The normalized spacial score (nSPS) is 10.8. The Bertz CT molecular complexity index is 720. The summed E-state index contributed by atoms with van der Waals surface area (Å²) in [6.07, 6.45) is 6.88. The van der Waals surface area contributed by atoms with Gasteiger partial charge in [-0.15, -0.1) is 11.3 Å². The van der Waals surface area contributed by atoms with Crippen LogP contribution in [0, 0.1) is 0 Å². The fourth-order valence-corrected chi connectivity index (χ4v) is 2.89. The second-order valence-corrected chi connectivity index (χ2v) is 6.45. The molecule has 0 aliphatic carbocycles. The van der Waals surface area contributed by atoms with Gasteiger partial charge in [0.2, 0.25) is 11.8 Å². The molecule has 24 heavy (non-hydrogen) atoms. The summed E-state index contributed by atoms with van der Waals surface area (Å²) in [6, 6.07) is 7.29. The minimum Gasteiger partial charge on any atom is -0.352 e. The van der Waals surface area contributed by atoms with Crippen LogP contribution in [0.15, 0.2) is 36.5 Å². The summed E-state index contributed by atoms with van der Waals surface area (Å²) in [5.74, 6) is -0.239. The van der Waals surface area contributed by atoms with Crippen molar-refractivity contribution in [3.05, 3.63) is 52.0 Å². The van der Waals surface area contributed by atoms with Crippen LogP contribution in [0.25, 0.3) is 6.08 Å². The molecule has 126 valence electrons. The van der Waals surface area contributed by atoms with Gasteiger partial charge in [0.05, 0.1) is 5.01 Å². The number of carbonyl (C=O) groups excluding carboxylic acids is 2. The highest BCUT2D eigenvalue weighted by molar-refractivity contribution is 7.11. The number of nitrogens with zero attached hydrogens (tertiary/aromatic N) is 1. The molecule has 1 aromatic carbocycles. The van der Waals surface area contributed by atoms with E-state index >= 15 is 0 Å². The molecular weight excluding hydrogens is 322 g/mol. The maximum Gasteiger partial charge on any atom is 0.244 e. The number of anilines is 1. The van der Waals surface area contributed by atoms with E-state index in [1.54, 1.807) is 29.5 Å². The average Bonchev–Trinajstić information content (AvgIpc) is 3.02. The molecule has 6 heteroatoms. The molecule has 0 bridgehead atoms. The summed E-state index contributed by atoms with van der Waals surface area (Å²) in [7, 11) is 0. The van der Waals surface area contributed by atoms with Crippen molar-refractivity contribution in [2.75, 3.05) is 11.9 Å². The van der Waals surface area contributed by atoms with Crippen LogP contribution < -0.4 is 10.6 Å². The molecule has 0 unspecified atom stereocenters. The highest BCUT2D eigenvalue weighted by Gasteiger charge is 2.01. The van der Waals surface area contributed by atoms with Crippen molar-refractivity contribution in [3.63, 3.8) is 0 Å². The fourth-order valence-electron chi connectivity index (χ4n) is 2.03. The van der Waals surface area contributed by atoms with Gasteiger partial charge in [0.15, 0.2) is 0 Å². The zero-order valence-corrected chi connectivity index (χ0v) is 14.7. The van der Waals surface area contributed by atoms with Gasteiger partial charge in [-0.05, 0) is 30.2 Å². The zero-order valence-electron chi connectivity index (χ0n) is 13.8. The smallest absolute Gasteiger partial charge is 0.244 e. The minimum absolute atomic E-state index is 0.107. The Kier molecular flexibility index (Phi) is 6.69. The number of hydrogen-bond donors (Lipinski definition) is 2. The van der Waals surface area contributed by atoms with E-state index in [9.17, 15) is 9.59 Å². The maximum absolute atomic E-state index is 11.8. The Morgan fingerprint density at radius 2 is 2.00 bits per heavy atom. The molecule has 2 amide bonds. The summed E-state index contributed by atoms with van der Waals surface area (Å²) in [5.41, 5.74) is 1.63. The van der Waals surface area contributed by atoms with Crippen molar-refractivity contribution < 1.29 is 9.59 Å². The van der Waals surface area contributed by atoms with Gasteiger partial charge in [-0.2, -0.15) is 0 Å². The van der Waals surface area contributed by atoms with Gasteiger partial charge < -0.3 is 10.6 Å². The van der Waals surface area contributed by atoms with Crippen molar-refractivity contribution in [1.82, 2.24) is 10.3 Å². The van der Waals surface area contributed by atoms with E-state index in [4.69, 9.17) is 0 Å². The number of aromatic nitrogens is 1. The summed E-state index contributed by atoms with van der Waals surface area (Å²) in [4.78, 5) is 28.3. The molecule has 0 atom stereocenters. The Morgan fingerprint density at radius 3 is 2.62 bits per heavy atom. The van der Waals surface area contributed by atoms with Crippen molar-refractivity contribution >= 4 is 34.9 Å². The molecule has 0 saturated heterocycles.